The van der Waals surface area contributed by atoms with Crippen molar-refractivity contribution in [3.8, 4) is 28.3 Å². The van der Waals surface area contributed by atoms with Crippen LogP contribution < -0.4 is 15.4 Å². The van der Waals surface area contributed by atoms with Gasteiger partial charge in [-0.1, -0.05) is 114 Å². The molecule has 0 bridgehead atoms. The van der Waals surface area contributed by atoms with Gasteiger partial charge in [0.2, 0.25) is 5.91 Å². The van der Waals surface area contributed by atoms with Crippen molar-refractivity contribution in [2.24, 2.45) is 0 Å². The zero-order valence-electron chi connectivity index (χ0n) is 30.3. The van der Waals surface area contributed by atoms with E-state index >= 15 is 0 Å². The fraction of sp³-hybridized carbons (Fsp3) is 0.415. The second-order valence-electron chi connectivity index (χ2n) is 14.0. The maximum atomic E-state index is 13.4. The number of carboxylic acid groups (broad SMARTS) is 1. The summed E-state index contributed by atoms with van der Waals surface area (Å²) in [4.78, 5) is 34.2. The molecule has 5 N–H and O–H groups in total. The minimum Gasteiger partial charge on any atom is -0.494 e. The van der Waals surface area contributed by atoms with Crippen molar-refractivity contribution in [2.75, 3.05) is 6.61 Å². The lowest BCUT2D eigenvalue weighted by atomic mass is 9.86. The molecule has 10 heteroatoms. The van der Waals surface area contributed by atoms with E-state index < -0.39 is 36.3 Å². The zero-order valence-corrected chi connectivity index (χ0v) is 30.3. The molecule has 10 nitrogen and oxygen atoms in total. The maximum Gasteiger partial charge on any atom is 0.328 e. The standard InChI is InChI=1S/C41H52N4O6/c1-6-7-8-9-10-23-51-34-21-17-29(18-22-34)32-25-42-37(43-26-32)30-13-11-28(12-14-30)24-35(39(48)45-36(27(2)46)40(49)50)44-38(47)31-15-19-33(20-16-31)41(3,4)5/h11-22,25-27,35-36,38,44,46-47H,6-10,23-24H2,1-5H3,(H,45,48)(H,49,50)/t27-,35+,36+,38?/m1/s1. The SMILES string of the molecule is CCCCCCCOc1ccc(-c2cnc(-c3ccc(C[C@H](NC(O)c4ccc(C(C)(C)C)cc4)C(=O)N[C@H](C(=O)O)[C@@H](C)O)cc3)nc2)cc1. The topological polar surface area (TPSA) is 154 Å². The molecule has 1 aromatic heterocycles. The number of aliphatic hydroxyl groups excluding tert-OH is 2. The summed E-state index contributed by atoms with van der Waals surface area (Å²) < 4.78 is 5.89. The van der Waals surface area contributed by atoms with E-state index in [0.29, 0.717) is 18.0 Å². The number of aliphatic hydroxyl groups is 2. The summed E-state index contributed by atoms with van der Waals surface area (Å²) in [5, 5.41) is 35.9. The summed E-state index contributed by atoms with van der Waals surface area (Å²) in [6.45, 7) is 10.5. The molecule has 0 fully saturated rings. The number of aliphatic carboxylic acids is 1. The summed E-state index contributed by atoms with van der Waals surface area (Å²) in [5.41, 5.74) is 4.98. The van der Waals surface area contributed by atoms with Crippen LogP contribution in [0.1, 0.15) is 89.6 Å². The van der Waals surface area contributed by atoms with Crippen LogP contribution in [0.5, 0.6) is 5.75 Å². The van der Waals surface area contributed by atoms with E-state index in [1.165, 1.54) is 32.6 Å². The van der Waals surface area contributed by atoms with Crippen LogP contribution >= 0.6 is 0 Å². The van der Waals surface area contributed by atoms with Crippen LogP contribution in [0.4, 0.5) is 0 Å². The fourth-order valence-electron chi connectivity index (χ4n) is 5.61. The van der Waals surface area contributed by atoms with Gasteiger partial charge in [0.15, 0.2) is 11.9 Å². The number of unbranched alkanes of at least 4 members (excludes halogenated alkanes) is 4. The van der Waals surface area contributed by atoms with E-state index in [4.69, 9.17) is 4.74 Å². The number of nitrogens with one attached hydrogen (secondary N) is 2. The quantitative estimate of drug-likeness (QED) is 0.0572. The van der Waals surface area contributed by atoms with Crippen molar-refractivity contribution >= 4 is 11.9 Å². The molecule has 0 saturated heterocycles. The highest BCUT2D eigenvalue weighted by molar-refractivity contribution is 5.87. The number of nitrogens with zero attached hydrogens (tertiary/aromatic N) is 2. The van der Waals surface area contributed by atoms with Crippen molar-refractivity contribution in [3.05, 3.63) is 102 Å². The van der Waals surface area contributed by atoms with Crippen LogP contribution in [0.25, 0.3) is 22.5 Å². The molecule has 0 radical (unpaired) electrons. The minimum absolute atomic E-state index is 0.0693. The largest absolute Gasteiger partial charge is 0.494 e. The lowest BCUT2D eigenvalue weighted by Crippen LogP contribution is -2.54. The molecule has 0 aliphatic heterocycles. The third-order valence-electron chi connectivity index (χ3n) is 8.82. The van der Waals surface area contributed by atoms with Crippen molar-refractivity contribution in [2.45, 2.75) is 103 Å². The predicted octanol–water partition coefficient (Wildman–Crippen LogP) is 6.60. The Morgan fingerprint density at radius 2 is 1.41 bits per heavy atom. The number of carboxylic acids is 1. The number of benzene rings is 3. The summed E-state index contributed by atoms with van der Waals surface area (Å²) in [6.07, 6.45) is 7.14. The number of carbonyl (C=O) groups is 2. The molecule has 1 heterocycles. The summed E-state index contributed by atoms with van der Waals surface area (Å²) in [6, 6.07) is 20.2. The fourth-order valence-corrected chi connectivity index (χ4v) is 5.61. The molecule has 0 aliphatic carbocycles. The first-order valence-electron chi connectivity index (χ1n) is 17.8. The Kier molecular flexibility index (Phi) is 14.2. The van der Waals surface area contributed by atoms with E-state index in [-0.39, 0.29) is 11.8 Å². The molecule has 272 valence electrons. The average Bonchev–Trinajstić information content (AvgIpc) is 3.11. The van der Waals surface area contributed by atoms with Gasteiger partial charge in [-0.05, 0) is 59.6 Å². The first-order chi connectivity index (χ1) is 24.3. The number of aromatic nitrogens is 2. The molecule has 51 heavy (non-hydrogen) atoms. The second kappa shape index (κ2) is 18.6. The number of amides is 1. The Balaban J connectivity index is 1.43. The van der Waals surface area contributed by atoms with Crippen molar-refractivity contribution in [1.82, 2.24) is 20.6 Å². The van der Waals surface area contributed by atoms with E-state index in [9.17, 15) is 24.9 Å². The van der Waals surface area contributed by atoms with Gasteiger partial charge >= 0.3 is 5.97 Å². The van der Waals surface area contributed by atoms with E-state index in [0.717, 1.165) is 40.0 Å². The Labute approximate surface area is 301 Å². The molecule has 0 saturated carbocycles. The second-order valence-corrected chi connectivity index (χ2v) is 14.0. The van der Waals surface area contributed by atoms with Crippen LogP contribution in [-0.2, 0) is 21.4 Å². The van der Waals surface area contributed by atoms with E-state index in [1.54, 1.807) is 24.5 Å². The molecule has 1 unspecified atom stereocenters. The summed E-state index contributed by atoms with van der Waals surface area (Å²) in [5.74, 6) is -0.647. The molecule has 4 aromatic rings. The average molecular weight is 697 g/mol. The van der Waals surface area contributed by atoms with Gasteiger partial charge in [0.1, 0.15) is 12.0 Å². The highest BCUT2D eigenvalue weighted by Crippen LogP contribution is 2.25. The van der Waals surface area contributed by atoms with Crippen LogP contribution in [0.3, 0.4) is 0 Å². The Morgan fingerprint density at radius 3 is 1.98 bits per heavy atom. The Bertz CT molecular complexity index is 1670. The van der Waals surface area contributed by atoms with Gasteiger partial charge < -0.3 is 25.4 Å². The monoisotopic (exact) mass is 696 g/mol. The van der Waals surface area contributed by atoms with E-state index in [2.05, 4.69) is 48.3 Å². The molecule has 0 spiro atoms. The van der Waals surface area contributed by atoms with Crippen molar-refractivity contribution in [1.29, 1.82) is 0 Å². The highest BCUT2D eigenvalue weighted by Gasteiger charge is 2.30. The van der Waals surface area contributed by atoms with Crippen LogP contribution in [0.2, 0.25) is 0 Å². The van der Waals surface area contributed by atoms with Gasteiger partial charge in [-0.2, -0.15) is 0 Å². The molecule has 0 aliphatic rings. The molecule has 3 aromatic carbocycles. The van der Waals surface area contributed by atoms with Crippen LogP contribution in [0.15, 0.2) is 85.2 Å². The summed E-state index contributed by atoms with van der Waals surface area (Å²) >= 11 is 0. The molecule has 1 amide bonds. The Morgan fingerprint density at radius 1 is 0.804 bits per heavy atom. The van der Waals surface area contributed by atoms with Crippen LogP contribution in [0, 0.1) is 0 Å². The number of carbonyl (C=O) groups excluding carboxylic acids is 1. The van der Waals surface area contributed by atoms with Gasteiger partial charge in [0, 0.05) is 23.5 Å². The lowest BCUT2D eigenvalue weighted by Gasteiger charge is -2.26. The predicted molar refractivity (Wildman–Crippen MR) is 199 cm³/mol. The van der Waals surface area contributed by atoms with E-state index in [1.807, 2.05) is 60.7 Å². The first kappa shape index (κ1) is 39.2. The maximum absolute atomic E-state index is 13.4. The third kappa shape index (κ3) is 11.7. The molecular formula is C41H52N4O6. The molecule has 4 atom stereocenters. The third-order valence-corrected chi connectivity index (χ3v) is 8.82. The van der Waals surface area contributed by atoms with Gasteiger partial charge in [0.05, 0.1) is 18.8 Å². The minimum atomic E-state index is -1.51. The van der Waals surface area contributed by atoms with Gasteiger partial charge in [0.25, 0.3) is 0 Å². The number of ether oxygens (including phenoxy) is 1. The van der Waals surface area contributed by atoms with Crippen molar-refractivity contribution < 1.29 is 29.6 Å². The smallest absolute Gasteiger partial charge is 0.328 e. The lowest BCUT2D eigenvalue weighted by molar-refractivity contribution is -0.145. The number of rotatable bonds is 18. The highest BCUT2D eigenvalue weighted by atomic mass is 16.5. The van der Waals surface area contributed by atoms with Gasteiger partial charge in [-0.15, -0.1) is 0 Å². The zero-order chi connectivity index (χ0) is 37.0. The molecule has 4 rings (SSSR count). The number of hydrogen-bond donors (Lipinski definition) is 5. The van der Waals surface area contributed by atoms with Crippen LogP contribution in [-0.4, -0.2) is 62.0 Å². The molecular weight excluding hydrogens is 644 g/mol. The summed E-state index contributed by atoms with van der Waals surface area (Å²) in [7, 11) is 0. The normalized spacial score (nSPS) is 13.9. The van der Waals surface area contributed by atoms with Gasteiger partial charge in [-0.3, -0.25) is 10.1 Å². The van der Waals surface area contributed by atoms with Gasteiger partial charge in [-0.25, -0.2) is 14.8 Å². The number of hydrogen-bond acceptors (Lipinski definition) is 8. The Hall–Kier alpha value is -4.64. The van der Waals surface area contributed by atoms with Crippen molar-refractivity contribution in [3.63, 3.8) is 0 Å². The first-order valence-corrected chi connectivity index (χ1v) is 17.8.